The van der Waals surface area contributed by atoms with E-state index in [9.17, 15) is 4.79 Å². The summed E-state index contributed by atoms with van der Waals surface area (Å²) < 4.78 is 5.11. The SMILES string of the molecule is N#CCOc1ccc(NC(=O)c2ccc(O)cc2)cc1. The Bertz CT molecular complexity index is 628. The van der Waals surface area contributed by atoms with E-state index >= 15 is 0 Å². The quantitative estimate of drug-likeness (QED) is 0.892. The highest BCUT2D eigenvalue weighted by Gasteiger charge is 2.05. The van der Waals surface area contributed by atoms with Crippen molar-refractivity contribution in [2.75, 3.05) is 11.9 Å². The second kappa shape index (κ2) is 6.25. The molecule has 2 rings (SSSR count). The van der Waals surface area contributed by atoms with E-state index in [1.807, 2.05) is 6.07 Å². The van der Waals surface area contributed by atoms with Gasteiger partial charge in [-0.25, -0.2) is 0 Å². The fourth-order valence-electron chi connectivity index (χ4n) is 1.57. The lowest BCUT2D eigenvalue weighted by atomic mass is 10.2. The fourth-order valence-corrected chi connectivity index (χ4v) is 1.57. The third-order valence-electron chi connectivity index (χ3n) is 2.55. The zero-order chi connectivity index (χ0) is 14.4. The summed E-state index contributed by atoms with van der Waals surface area (Å²) in [5.41, 5.74) is 1.07. The molecule has 20 heavy (non-hydrogen) atoms. The largest absolute Gasteiger partial charge is 0.508 e. The molecule has 0 radical (unpaired) electrons. The highest BCUT2D eigenvalue weighted by atomic mass is 16.5. The van der Waals surface area contributed by atoms with Crippen molar-refractivity contribution in [2.24, 2.45) is 0 Å². The minimum atomic E-state index is -0.268. The number of carbonyl (C=O) groups is 1. The van der Waals surface area contributed by atoms with E-state index in [1.54, 1.807) is 24.3 Å². The summed E-state index contributed by atoms with van der Waals surface area (Å²) in [5, 5.41) is 20.3. The molecule has 5 heteroatoms. The maximum absolute atomic E-state index is 11.9. The number of aromatic hydroxyl groups is 1. The topological polar surface area (TPSA) is 82.3 Å². The predicted octanol–water partition coefficient (Wildman–Crippen LogP) is 2.55. The molecule has 0 aliphatic carbocycles. The van der Waals surface area contributed by atoms with Crippen molar-refractivity contribution in [1.82, 2.24) is 0 Å². The van der Waals surface area contributed by atoms with Gasteiger partial charge in [0.1, 0.15) is 17.6 Å². The molecule has 0 atom stereocenters. The van der Waals surface area contributed by atoms with E-state index in [4.69, 9.17) is 15.1 Å². The Morgan fingerprint density at radius 1 is 1.15 bits per heavy atom. The first kappa shape index (κ1) is 13.4. The maximum Gasteiger partial charge on any atom is 0.255 e. The Morgan fingerprint density at radius 2 is 1.80 bits per heavy atom. The molecule has 1 amide bonds. The smallest absolute Gasteiger partial charge is 0.255 e. The molecule has 0 saturated carbocycles. The highest BCUT2D eigenvalue weighted by Crippen LogP contribution is 2.17. The van der Waals surface area contributed by atoms with Crippen LogP contribution in [0.2, 0.25) is 0 Å². The Balaban J connectivity index is 2.01. The van der Waals surface area contributed by atoms with Crippen LogP contribution in [0.15, 0.2) is 48.5 Å². The number of nitrogens with one attached hydrogen (secondary N) is 1. The lowest BCUT2D eigenvalue weighted by molar-refractivity contribution is 0.102. The molecule has 0 aromatic heterocycles. The van der Waals surface area contributed by atoms with E-state index in [-0.39, 0.29) is 18.3 Å². The predicted molar refractivity (Wildman–Crippen MR) is 73.6 cm³/mol. The Kier molecular flexibility index (Phi) is 4.20. The monoisotopic (exact) mass is 268 g/mol. The molecule has 0 fully saturated rings. The van der Waals surface area contributed by atoms with Gasteiger partial charge in [0, 0.05) is 11.3 Å². The van der Waals surface area contributed by atoms with Crippen LogP contribution in [0.5, 0.6) is 11.5 Å². The van der Waals surface area contributed by atoms with E-state index in [0.29, 0.717) is 17.0 Å². The second-order valence-corrected chi connectivity index (χ2v) is 3.97. The number of phenolic OH excluding ortho intramolecular Hbond substituents is 1. The number of nitriles is 1. The normalized spacial score (nSPS) is 9.55. The molecule has 0 heterocycles. The average Bonchev–Trinajstić information content (AvgIpc) is 2.47. The number of amides is 1. The fraction of sp³-hybridized carbons (Fsp3) is 0.0667. The summed E-state index contributed by atoms with van der Waals surface area (Å²) in [6.45, 7) is -0.0147. The Hall–Kier alpha value is -3.00. The summed E-state index contributed by atoms with van der Waals surface area (Å²) in [5.74, 6) is 0.408. The average molecular weight is 268 g/mol. The molecule has 0 unspecified atom stereocenters. The van der Waals surface area contributed by atoms with Gasteiger partial charge in [-0.3, -0.25) is 4.79 Å². The Labute approximate surface area is 116 Å². The minimum absolute atomic E-state index is 0.0147. The van der Waals surface area contributed by atoms with E-state index < -0.39 is 0 Å². The second-order valence-electron chi connectivity index (χ2n) is 3.97. The van der Waals surface area contributed by atoms with Crippen molar-refractivity contribution < 1.29 is 14.6 Å². The minimum Gasteiger partial charge on any atom is -0.508 e. The molecule has 0 saturated heterocycles. The maximum atomic E-state index is 11.9. The summed E-state index contributed by atoms with van der Waals surface area (Å²) in [6.07, 6.45) is 0. The van der Waals surface area contributed by atoms with E-state index in [2.05, 4.69) is 5.32 Å². The van der Waals surface area contributed by atoms with Gasteiger partial charge < -0.3 is 15.2 Å². The number of carbonyl (C=O) groups excluding carboxylic acids is 1. The van der Waals surface area contributed by atoms with Crippen molar-refractivity contribution in [3.05, 3.63) is 54.1 Å². The molecule has 0 aliphatic rings. The molecule has 2 N–H and O–H groups in total. The van der Waals surface area contributed by atoms with Gasteiger partial charge in [0.15, 0.2) is 6.61 Å². The summed E-state index contributed by atoms with van der Waals surface area (Å²) in [4.78, 5) is 11.9. The van der Waals surface area contributed by atoms with Crippen LogP contribution in [0.4, 0.5) is 5.69 Å². The van der Waals surface area contributed by atoms with Crippen molar-refractivity contribution in [2.45, 2.75) is 0 Å². The molecule has 5 nitrogen and oxygen atoms in total. The molecule has 0 bridgehead atoms. The number of benzene rings is 2. The zero-order valence-corrected chi connectivity index (χ0v) is 10.5. The van der Waals surface area contributed by atoms with Gasteiger partial charge in [-0.2, -0.15) is 5.26 Å². The van der Waals surface area contributed by atoms with Gasteiger partial charge in [-0.15, -0.1) is 0 Å². The molecule has 0 aliphatic heterocycles. The number of hydrogen-bond donors (Lipinski definition) is 2. The van der Waals surface area contributed by atoms with Crippen molar-refractivity contribution in [3.63, 3.8) is 0 Å². The Morgan fingerprint density at radius 3 is 2.40 bits per heavy atom. The lowest BCUT2D eigenvalue weighted by Crippen LogP contribution is -2.11. The summed E-state index contributed by atoms with van der Waals surface area (Å²) >= 11 is 0. The molecular formula is C15H12N2O3. The van der Waals surface area contributed by atoms with Crippen LogP contribution in [0.1, 0.15) is 10.4 Å². The van der Waals surface area contributed by atoms with Crippen LogP contribution in [-0.4, -0.2) is 17.6 Å². The van der Waals surface area contributed by atoms with Crippen LogP contribution in [0, 0.1) is 11.3 Å². The number of anilines is 1. The van der Waals surface area contributed by atoms with Gasteiger partial charge in [0.05, 0.1) is 0 Å². The first-order chi connectivity index (χ1) is 9.69. The number of hydrogen-bond acceptors (Lipinski definition) is 4. The van der Waals surface area contributed by atoms with Crippen molar-refractivity contribution in [3.8, 4) is 17.6 Å². The van der Waals surface area contributed by atoms with Crippen LogP contribution in [0.25, 0.3) is 0 Å². The van der Waals surface area contributed by atoms with Gasteiger partial charge in [0.2, 0.25) is 0 Å². The highest BCUT2D eigenvalue weighted by molar-refractivity contribution is 6.04. The standard InChI is InChI=1S/C15H12N2O3/c16-9-10-20-14-7-3-12(4-8-14)17-15(19)11-1-5-13(18)6-2-11/h1-8,18H,10H2,(H,17,19). The molecule has 100 valence electrons. The van der Waals surface area contributed by atoms with Crippen LogP contribution in [-0.2, 0) is 0 Å². The van der Waals surface area contributed by atoms with Gasteiger partial charge in [-0.1, -0.05) is 0 Å². The molecule has 2 aromatic rings. The number of nitrogens with zero attached hydrogens (tertiary/aromatic N) is 1. The van der Waals surface area contributed by atoms with E-state index in [0.717, 1.165) is 0 Å². The van der Waals surface area contributed by atoms with Crippen molar-refractivity contribution >= 4 is 11.6 Å². The first-order valence-corrected chi connectivity index (χ1v) is 5.89. The zero-order valence-electron chi connectivity index (χ0n) is 10.5. The van der Waals surface area contributed by atoms with Gasteiger partial charge >= 0.3 is 0 Å². The van der Waals surface area contributed by atoms with Gasteiger partial charge in [-0.05, 0) is 48.5 Å². The number of ether oxygens (including phenoxy) is 1. The van der Waals surface area contributed by atoms with Crippen LogP contribution >= 0.6 is 0 Å². The summed E-state index contributed by atoms with van der Waals surface area (Å²) in [7, 11) is 0. The van der Waals surface area contributed by atoms with E-state index in [1.165, 1.54) is 24.3 Å². The molecule has 2 aromatic carbocycles. The lowest BCUT2D eigenvalue weighted by Gasteiger charge is -2.06. The van der Waals surface area contributed by atoms with Crippen molar-refractivity contribution in [1.29, 1.82) is 5.26 Å². The van der Waals surface area contributed by atoms with Gasteiger partial charge in [0.25, 0.3) is 5.91 Å². The third kappa shape index (κ3) is 3.50. The third-order valence-corrected chi connectivity index (χ3v) is 2.55. The summed E-state index contributed by atoms with van der Waals surface area (Å²) in [6, 6.07) is 14.6. The number of rotatable bonds is 4. The number of phenols is 1. The first-order valence-electron chi connectivity index (χ1n) is 5.89. The molecule has 0 spiro atoms. The molecular weight excluding hydrogens is 256 g/mol. The van der Waals surface area contributed by atoms with Crippen LogP contribution in [0.3, 0.4) is 0 Å². The van der Waals surface area contributed by atoms with Crippen LogP contribution < -0.4 is 10.1 Å².